The molecule has 0 bridgehead atoms. The van der Waals surface area contributed by atoms with Crippen LogP contribution in [0, 0.1) is 0 Å². The summed E-state index contributed by atoms with van der Waals surface area (Å²) in [5.41, 5.74) is 27.4. The molecule has 4 N–H and O–H groups in total. The number of ether oxygens (including phenoxy) is 4. The van der Waals surface area contributed by atoms with Crippen molar-refractivity contribution < 1.29 is 18.9 Å². The maximum Gasteiger partial charge on any atom is 0.119 e. The number of benzene rings is 10. The van der Waals surface area contributed by atoms with Crippen molar-refractivity contribution >= 4 is 67.0 Å². The number of hydrogen-bond donors (Lipinski definition) is 2. The number of fused-ring (bicyclic) bond motifs is 2. The third-order valence-electron chi connectivity index (χ3n) is 12.6. The van der Waals surface area contributed by atoms with Crippen LogP contribution >= 0.6 is 0 Å². The summed E-state index contributed by atoms with van der Waals surface area (Å²) in [5, 5.41) is 4.21. The van der Waals surface area contributed by atoms with E-state index in [1.807, 2.05) is 60.7 Å². The summed E-state index contributed by atoms with van der Waals surface area (Å²) < 4.78 is 21.8. The molecule has 8 heteroatoms. The largest absolute Gasteiger partial charge is 0.497 e. The lowest BCUT2D eigenvalue weighted by molar-refractivity contribution is 0.414. The van der Waals surface area contributed by atoms with Gasteiger partial charge in [0.05, 0.1) is 28.4 Å². The first-order valence-electron chi connectivity index (χ1n) is 22.3. The van der Waals surface area contributed by atoms with E-state index in [1.165, 1.54) is 0 Å². The van der Waals surface area contributed by atoms with Crippen molar-refractivity contribution in [3.05, 3.63) is 206 Å². The highest BCUT2D eigenvalue weighted by Gasteiger charge is 2.19. The number of nitrogens with two attached hydrogens (primary N) is 2. The molecule has 0 saturated carbocycles. The zero-order chi connectivity index (χ0) is 46.7. The molecule has 0 aliphatic heterocycles. The molecule has 0 aliphatic carbocycles. The predicted octanol–water partition coefficient (Wildman–Crippen LogP) is 15.1. The van der Waals surface area contributed by atoms with E-state index in [9.17, 15) is 0 Å². The first-order chi connectivity index (χ1) is 33.3. The van der Waals surface area contributed by atoms with Gasteiger partial charge in [0.25, 0.3) is 0 Å². The van der Waals surface area contributed by atoms with Crippen LogP contribution < -0.4 is 40.2 Å². The monoisotopic (exact) mass is 890 g/mol. The summed E-state index contributed by atoms with van der Waals surface area (Å²) >= 11 is 0. The lowest BCUT2D eigenvalue weighted by Gasteiger charge is -2.26. The molecular weight excluding hydrogens is 841 g/mol. The second-order valence-corrected chi connectivity index (χ2v) is 16.5. The second-order valence-electron chi connectivity index (χ2n) is 16.5. The molecule has 0 aliphatic rings. The quantitative estimate of drug-likeness (QED) is 0.111. The molecule has 10 aromatic rings. The van der Waals surface area contributed by atoms with Gasteiger partial charge in [0.15, 0.2) is 0 Å². The summed E-state index contributed by atoms with van der Waals surface area (Å²) in [6, 6.07) is 70.9. The molecule has 0 saturated heterocycles. The van der Waals surface area contributed by atoms with Gasteiger partial charge in [-0.2, -0.15) is 0 Å². The molecule has 0 amide bonds. The van der Waals surface area contributed by atoms with E-state index in [2.05, 4.69) is 155 Å². The Morgan fingerprint density at radius 2 is 0.529 bits per heavy atom. The van der Waals surface area contributed by atoms with Crippen molar-refractivity contribution in [2.45, 2.75) is 0 Å². The van der Waals surface area contributed by atoms with E-state index >= 15 is 0 Å². The van der Waals surface area contributed by atoms with E-state index in [4.69, 9.17) is 30.4 Å². The molecule has 0 aromatic heterocycles. The van der Waals surface area contributed by atoms with Crippen molar-refractivity contribution in [3.63, 3.8) is 0 Å². The highest BCUT2D eigenvalue weighted by Crippen LogP contribution is 2.44. The Hall–Kier alpha value is -8.88. The van der Waals surface area contributed by atoms with Crippen molar-refractivity contribution in [1.29, 1.82) is 0 Å². The number of nitrogens with zero attached hydrogens (tertiary/aromatic N) is 2. The molecule has 0 unspecified atom stereocenters. The summed E-state index contributed by atoms with van der Waals surface area (Å²) in [6.07, 6.45) is 0. The third-order valence-corrected chi connectivity index (χ3v) is 12.6. The maximum absolute atomic E-state index is 6.88. The average molecular weight is 891 g/mol. The highest BCUT2D eigenvalue weighted by atomic mass is 16.5. The zero-order valence-corrected chi connectivity index (χ0v) is 38.3. The van der Waals surface area contributed by atoms with E-state index in [0.717, 1.165) is 112 Å². The Balaban J connectivity index is 0.959. The molecule has 0 fully saturated rings. The van der Waals surface area contributed by atoms with Crippen LogP contribution in [-0.2, 0) is 0 Å². The Morgan fingerprint density at radius 1 is 0.279 bits per heavy atom. The van der Waals surface area contributed by atoms with Gasteiger partial charge in [-0.05, 0) is 189 Å². The minimum Gasteiger partial charge on any atom is -0.497 e. The van der Waals surface area contributed by atoms with Crippen LogP contribution in [0.1, 0.15) is 0 Å². The Morgan fingerprint density at radius 3 is 0.794 bits per heavy atom. The van der Waals surface area contributed by atoms with Crippen molar-refractivity contribution in [1.82, 2.24) is 0 Å². The molecule has 0 atom stereocenters. The number of anilines is 8. The Kier molecular flexibility index (Phi) is 11.7. The molecular formula is C60H50N4O4. The summed E-state index contributed by atoms with van der Waals surface area (Å²) in [5.74, 6) is 3.21. The number of rotatable bonds is 13. The smallest absolute Gasteiger partial charge is 0.119 e. The Labute approximate surface area is 396 Å². The van der Waals surface area contributed by atoms with Crippen LogP contribution in [0.25, 0.3) is 54.9 Å². The van der Waals surface area contributed by atoms with Gasteiger partial charge >= 0.3 is 0 Å². The standard InChI is InChI=1S/C60H50N4O4/c1-65-51-25-17-47(18-26-51)63(48-19-27-52(66-2)28-20-48)45-13-5-39(6-14-45)41-9-33-55-43(37-41)11-35-57(61)59(55)60-56-34-10-42(38-44(56)12-36-58(60)62)40-7-15-46(16-8-40)64(49-21-29-53(67-3)30-22-49)50-23-31-54(68-4)32-24-50/h5-38H,61-62H2,1-4H3. The molecule has 10 aromatic carbocycles. The summed E-state index contributed by atoms with van der Waals surface area (Å²) in [6.45, 7) is 0. The first-order valence-corrected chi connectivity index (χ1v) is 22.3. The molecule has 334 valence electrons. The van der Waals surface area contributed by atoms with Crippen LogP contribution in [0.5, 0.6) is 23.0 Å². The van der Waals surface area contributed by atoms with Crippen LogP contribution in [0.4, 0.5) is 45.5 Å². The van der Waals surface area contributed by atoms with Gasteiger partial charge in [-0.15, -0.1) is 0 Å². The molecule has 68 heavy (non-hydrogen) atoms. The molecule has 0 radical (unpaired) electrons. The van der Waals surface area contributed by atoms with Gasteiger partial charge in [-0.1, -0.05) is 60.7 Å². The van der Waals surface area contributed by atoms with Crippen LogP contribution in [0.15, 0.2) is 206 Å². The normalized spacial score (nSPS) is 11.1. The van der Waals surface area contributed by atoms with Gasteiger partial charge in [-0.25, -0.2) is 0 Å². The second kappa shape index (κ2) is 18.5. The fourth-order valence-corrected chi connectivity index (χ4v) is 9.04. The van der Waals surface area contributed by atoms with E-state index in [0.29, 0.717) is 11.4 Å². The minimum absolute atomic E-state index is 0.670. The summed E-state index contributed by atoms with van der Waals surface area (Å²) in [7, 11) is 6.71. The van der Waals surface area contributed by atoms with Crippen LogP contribution in [-0.4, -0.2) is 28.4 Å². The lowest BCUT2D eigenvalue weighted by atomic mass is 9.89. The molecule has 8 nitrogen and oxygen atoms in total. The molecule has 0 heterocycles. The third kappa shape index (κ3) is 8.31. The molecule has 10 rings (SSSR count). The van der Waals surface area contributed by atoms with Crippen molar-refractivity contribution in [3.8, 4) is 56.4 Å². The first kappa shape index (κ1) is 43.0. The summed E-state index contributed by atoms with van der Waals surface area (Å²) in [4.78, 5) is 4.43. The van der Waals surface area contributed by atoms with Gasteiger partial charge in [0.1, 0.15) is 23.0 Å². The van der Waals surface area contributed by atoms with Crippen molar-refractivity contribution in [2.75, 3.05) is 49.7 Å². The van der Waals surface area contributed by atoms with E-state index in [1.54, 1.807) is 28.4 Å². The fraction of sp³-hybridized carbons (Fsp3) is 0.0667. The SMILES string of the molecule is COc1ccc(N(c2ccc(OC)cc2)c2ccc(-c3ccc4c(-c5c(N)ccc6cc(-c7ccc(N(c8ccc(OC)cc8)c8ccc(OC)cc8)cc7)ccc56)c(N)ccc4c3)cc2)cc1. The zero-order valence-electron chi connectivity index (χ0n) is 38.3. The number of methoxy groups -OCH3 is 4. The van der Waals surface area contributed by atoms with Gasteiger partial charge in [-0.3, -0.25) is 0 Å². The number of nitrogen functional groups attached to an aromatic ring is 2. The van der Waals surface area contributed by atoms with Crippen LogP contribution in [0.3, 0.4) is 0 Å². The lowest BCUT2D eigenvalue weighted by Crippen LogP contribution is -2.09. The van der Waals surface area contributed by atoms with Gasteiger partial charge in [0.2, 0.25) is 0 Å². The minimum atomic E-state index is 0.670. The van der Waals surface area contributed by atoms with Crippen LogP contribution in [0.2, 0.25) is 0 Å². The van der Waals surface area contributed by atoms with Crippen molar-refractivity contribution in [2.24, 2.45) is 0 Å². The number of hydrogen-bond acceptors (Lipinski definition) is 8. The maximum atomic E-state index is 6.88. The highest BCUT2D eigenvalue weighted by molar-refractivity contribution is 6.14. The van der Waals surface area contributed by atoms with E-state index in [-0.39, 0.29) is 0 Å². The fourth-order valence-electron chi connectivity index (χ4n) is 9.04. The average Bonchev–Trinajstić information content (AvgIpc) is 3.40. The van der Waals surface area contributed by atoms with Gasteiger partial charge in [0, 0.05) is 56.6 Å². The van der Waals surface area contributed by atoms with E-state index < -0.39 is 0 Å². The molecule has 0 spiro atoms. The topological polar surface area (TPSA) is 95.4 Å². The van der Waals surface area contributed by atoms with Gasteiger partial charge < -0.3 is 40.2 Å². The predicted molar refractivity (Wildman–Crippen MR) is 282 cm³/mol. The Bertz CT molecular complexity index is 3050.